The van der Waals surface area contributed by atoms with Crippen molar-refractivity contribution in [3.8, 4) is 5.75 Å². The first-order valence-electron chi connectivity index (χ1n) is 5.75. The van der Waals surface area contributed by atoms with Crippen molar-refractivity contribution in [1.29, 1.82) is 0 Å². The number of piperidine rings is 1. The topological polar surface area (TPSA) is 21.3 Å². The van der Waals surface area contributed by atoms with E-state index in [-0.39, 0.29) is 0 Å². The number of rotatable bonds is 0. The lowest BCUT2D eigenvalue weighted by Crippen LogP contribution is -2.42. The Morgan fingerprint density at radius 3 is 3.00 bits per heavy atom. The molecule has 0 bridgehead atoms. The van der Waals surface area contributed by atoms with E-state index < -0.39 is 0 Å². The largest absolute Gasteiger partial charge is 0.493 e. The van der Waals surface area contributed by atoms with Crippen molar-refractivity contribution >= 4 is 0 Å². The van der Waals surface area contributed by atoms with Gasteiger partial charge in [-0.2, -0.15) is 0 Å². The lowest BCUT2D eigenvalue weighted by Gasteiger charge is -2.41. The molecule has 2 heteroatoms. The number of benzene rings is 1. The SMILES string of the molecule is [c]1ccc2c(c1)OCCC21CCNCC1. The molecule has 0 aromatic heterocycles. The minimum atomic E-state index is 0.383. The summed E-state index contributed by atoms with van der Waals surface area (Å²) in [7, 11) is 0. The predicted molar refractivity (Wildman–Crippen MR) is 59.2 cm³/mol. The van der Waals surface area contributed by atoms with Gasteiger partial charge in [-0.05, 0) is 44.5 Å². The number of hydrogen-bond acceptors (Lipinski definition) is 2. The Balaban J connectivity index is 2.04. The fourth-order valence-corrected chi connectivity index (χ4v) is 2.89. The van der Waals surface area contributed by atoms with Crippen LogP contribution in [-0.4, -0.2) is 19.7 Å². The number of hydrogen-bond donors (Lipinski definition) is 1. The average Bonchev–Trinajstić information content (AvgIpc) is 2.31. The van der Waals surface area contributed by atoms with E-state index in [1.165, 1.54) is 24.8 Å². The highest BCUT2D eigenvalue weighted by atomic mass is 16.5. The van der Waals surface area contributed by atoms with Crippen LogP contribution in [0.5, 0.6) is 5.75 Å². The van der Waals surface area contributed by atoms with Crippen molar-refractivity contribution in [2.75, 3.05) is 19.7 Å². The van der Waals surface area contributed by atoms with Crippen LogP contribution in [-0.2, 0) is 5.41 Å². The highest BCUT2D eigenvalue weighted by Crippen LogP contribution is 2.44. The van der Waals surface area contributed by atoms with E-state index in [0.717, 1.165) is 25.4 Å². The zero-order valence-electron chi connectivity index (χ0n) is 8.88. The third kappa shape index (κ3) is 1.44. The van der Waals surface area contributed by atoms with E-state index in [1.807, 2.05) is 12.1 Å². The Kier molecular flexibility index (Phi) is 2.17. The summed E-state index contributed by atoms with van der Waals surface area (Å²) < 4.78 is 5.70. The van der Waals surface area contributed by atoms with E-state index in [1.54, 1.807) is 0 Å². The number of ether oxygens (including phenoxy) is 1. The van der Waals surface area contributed by atoms with Crippen molar-refractivity contribution in [2.24, 2.45) is 0 Å². The maximum Gasteiger partial charge on any atom is 0.123 e. The third-order valence-electron chi connectivity index (χ3n) is 3.80. The third-order valence-corrected chi connectivity index (χ3v) is 3.80. The molecule has 1 saturated heterocycles. The van der Waals surface area contributed by atoms with Gasteiger partial charge in [0.15, 0.2) is 0 Å². The van der Waals surface area contributed by atoms with Gasteiger partial charge in [0.1, 0.15) is 5.75 Å². The van der Waals surface area contributed by atoms with Crippen LogP contribution in [0.4, 0.5) is 0 Å². The van der Waals surface area contributed by atoms with Crippen LogP contribution in [0.3, 0.4) is 0 Å². The van der Waals surface area contributed by atoms with Crippen molar-refractivity contribution in [3.63, 3.8) is 0 Å². The van der Waals surface area contributed by atoms with E-state index in [9.17, 15) is 0 Å². The van der Waals surface area contributed by atoms with Crippen LogP contribution in [0.15, 0.2) is 18.2 Å². The second-order valence-electron chi connectivity index (χ2n) is 4.55. The summed E-state index contributed by atoms with van der Waals surface area (Å²) >= 11 is 0. The molecule has 1 fully saturated rings. The Hall–Kier alpha value is -1.02. The normalized spacial score (nSPS) is 23.2. The highest BCUT2D eigenvalue weighted by Gasteiger charge is 2.38. The molecule has 1 spiro atoms. The van der Waals surface area contributed by atoms with Crippen LogP contribution in [0.1, 0.15) is 24.8 Å². The molecule has 1 aromatic carbocycles. The highest BCUT2D eigenvalue weighted by molar-refractivity contribution is 5.41. The standard InChI is InChI=1S/C13H16NO/c1-2-4-12-11(3-1)13(7-10-15-12)5-8-14-9-6-13/h1,3-4,14H,5-10H2. The minimum Gasteiger partial charge on any atom is -0.493 e. The van der Waals surface area contributed by atoms with Gasteiger partial charge in [-0.1, -0.05) is 12.1 Å². The van der Waals surface area contributed by atoms with Crippen LogP contribution < -0.4 is 10.1 Å². The fourth-order valence-electron chi connectivity index (χ4n) is 2.89. The van der Waals surface area contributed by atoms with Crippen LogP contribution in [0.25, 0.3) is 0 Å². The lowest BCUT2D eigenvalue weighted by molar-refractivity contribution is 0.180. The second-order valence-corrected chi connectivity index (χ2v) is 4.55. The van der Waals surface area contributed by atoms with Crippen LogP contribution in [0, 0.1) is 6.07 Å². The molecule has 2 heterocycles. The summed E-state index contributed by atoms with van der Waals surface area (Å²) in [5.41, 5.74) is 1.79. The molecule has 0 aliphatic carbocycles. The van der Waals surface area contributed by atoms with Crippen molar-refractivity contribution in [1.82, 2.24) is 5.32 Å². The van der Waals surface area contributed by atoms with Crippen molar-refractivity contribution in [2.45, 2.75) is 24.7 Å². The van der Waals surface area contributed by atoms with Gasteiger partial charge in [-0.25, -0.2) is 0 Å². The summed E-state index contributed by atoms with van der Waals surface area (Å²) in [6.45, 7) is 3.14. The molecule has 2 nitrogen and oxygen atoms in total. The van der Waals surface area contributed by atoms with E-state index >= 15 is 0 Å². The Bertz CT molecular complexity index is 355. The Labute approximate surface area is 90.6 Å². The minimum absolute atomic E-state index is 0.383. The van der Waals surface area contributed by atoms with Gasteiger partial charge in [0.25, 0.3) is 0 Å². The van der Waals surface area contributed by atoms with Gasteiger partial charge in [0.05, 0.1) is 6.61 Å². The summed E-state index contributed by atoms with van der Waals surface area (Å²) in [6.07, 6.45) is 3.66. The fraction of sp³-hybridized carbons (Fsp3) is 0.538. The molecule has 0 saturated carbocycles. The van der Waals surface area contributed by atoms with Crippen molar-refractivity contribution in [3.05, 3.63) is 29.8 Å². The zero-order valence-corrected chi connectivity index (χ0v) is 8.88. The van der Waals surface area contributed by atoms with Gasteiger partial charge in [-0.15, -0.1) is 0 Å². The number of nitrogens with one attached hydrogen (secondary N) is 1. The number of fused-ring (bicyclic) bond motifs is 2. The first-order valence-corrected chi connectivity index (χ1v) is 5.75. The quantitative estimate of drug-likeness (QED) is 0.693. The van der Waals surface area contributed by atoms with E-state index in [2.05, 4.69) is 17.4 Å². The Morgan fingerprint density at radius 2 is 2.13 bits per heavy atom. The molecule has 3 rings (SSSR count). The molecule has 1 aromatic rings. The van der Waals surface area contributed by atoms with Gasteiger partial charge >= 0.3 is 0 Å². The monoisotopic (exact) mass is 202 g/mol. The smallest absolute Gasteiger partial charge is 0.123 e. The van der Waals surface area contributed by atoms with Crippen LogP contribution >= 0.6 is 0 Å². The van der Waals surface area contributed by atoms with Crippen LogP contribution in [0.2, 0.25) is 0 Å². The molecule has 1 N–H and O–H groups in total. The van der Waals surface area contributed by atoms with Gasteiger partial charge < -0.3 is 10.1 Å². The molecular weight excluding hydrogens is 186 g/mol. The molecule has 0 amide bonds. The molecule has 1 radical (unpaired) electrons. The predicted octanol–water partition coefficient (Wildman–Crippen LogP) is 1.89. The summed E-state index contributed by atoms with van der Waals surface area (Å²) in [5.74, 6) is 1.06. The molecular formula is C13H16NO. The Morgan fingerprint density at radius 1 is 1.27 bits per heavy atom. The maximum absolute atomic E-state index is 5.70. The van der Waals surface area contributed by atoms with Crippen molar-refractivity contribution < 1.29 is 4.74 Å². The lowest BCUT2D eigenvalue weighted by atomic mass is 9.70. The second kappa shape index (κ2) is 3.53. The summed E-state index contributed by atoms with van der Waals surface area (Å²) in [5, 5.41) is 3.44. The zero-order chi connectivity index (χ0) is 10.1. The molecule has 2 aliphatic heterocycles. The molecule has 2 aliphatic rings. The maximum atomic E-state index is 5.70. The first-order chi connectivity index (χ1) is 7.41. The summed E-state index contributed by atoms with van der Waals surface area (Å²) in [4.78, 5) is 0. The molecule has 0 unspecified atom stereocenters. The van der Waals surface area contributed by atoms with Gasteiger partial charge in [-0.3, -0.25) is 0 Å². The first kappa shape index (κ1) is 9.22. The molecule has 15 heavy (non-hydrogen) atoms. The van der Waals surface area contributed by atoms with Gasteiger partial charge in [0, 0.05) is 11.0 Å². The van der Waals surface area contributed by atoms with E-state index in [4.69, 9.17) is 4.74 Å². The molecule has 79 valence electrons. The average molecular weight is 202 g/mol. The van der Waals surface area contributed by atoms with Gasteiger partial charge in [0.2, 0.25) is 0 Å². The summed E-state index contributed by atoms with van der Waals surface area (Å²) in [6, 6.07) is 9.29. The van der Waals surface area contributed by atoms with E-state index in [0.29, 0.717) is 5.41 Å². The molecule has 0 atom stereocenters.